The fourth-order valence-corrected chi connectivity index (χ4v) is 19.1. The number of unbranched alkanes of at least 4 members (excludes halogenated alkanes) is 6. The van der Waals surface area contributed by atoms with Gasteiger partial charge in [-0.25, -0.2) is 22.8 Å². The highest BCUT2D eigenvalue weighted by atomic mass is 35.5. The Balaban J connectivity index is 0.000000166. The van der Waals surface area contributed by atoms with E-state index in [2.05, 4.69) is 53.7 Å². The monoisotopic (exact) mass is 1920 g/mol. The van der Waals surface area contributed by atoms with Crippen molar-refractivity contribution in [3.8, 4) is 56.2 Å². The number of carbonyl (C=O) groups excluding carboxylic acids is 6. The summed E-state index contributed by atoms with van der Waals surface area (Å²) in [6, 6.07) is 65.6. The quantitative estimate of drug-likeness (QED) is 0.0340. The van der Waals surface area contributed by atoms with Crippen molar-refractivity contribution in [2.75, 3.05) is 66.2 Å². The lowest BCUT2D eigenvalue weighted by atomic mass is 9.92. The van der Waals surface area contributed by atoms with Crippen molar-refractivity contribution < 1.29 is 57.6 Å². The molecule has 0 radical (unpaired) electrons. The van der Waals surface area contributed by atoms with E-state index in [1.165, 1.54) is 6.07 Å². The summed E-state index contributed by atoms with van der Waals surface area (Å²) in [5, 5.41) is 48.3. The Morgan fingerprint density at radius 1 is 0.367 bits per heavy atom. The first kappa shape index (κ1) is 102. The van der Waals surface area contributed by atoms with E-state index >= 15 is 0 Å². The molecule has 139 heavy (non-hydrogen) atoms. The number of amides is 6. The summed E-state index contributed by atoms with van der Waals surface area (Å²) in [6.07, 6.45) is 13.0. The topological polar surface area (TPSA) is 245 Å². The summed E-state index contributed by atoms with van der Waals surface area (Å²) >= 11 is 13.0. The molecule has 6 amide bonds. The van der Waals surface area contributed by atoms with E-state index in [0.717, 1.165) is 167 Å². The van der Waals surface area contributed by atoms with E-state index in [1.54, 1.807) is 72.3 Å². The van der Waals surface area contributed by atoms with Gasteiger partial charge in [0.1, 0.15) is 5.75 Å². The second-order valence-corrected chi connectivity index (χ2v) is 37.0. The molecule has 13 aromatic rings. The van der Waals surface area contributed by atoms with Crippen LogP contribution in [-0.2, 0) is 38.9 Å². The van der Waals surface area contributed by atoms with Crippen molar-refractivity contribution in [3.63, 3.8) is 0 Å². The Hall–Kier alpha value is -13.0. The van der Waals surface area contributed by atoms with E-state index in [1.807, 2.05) is 187 Å². The molecule has 0 unspecified atom stereocenters. The van der Waals surface area contributed by atoms with Crippen LogP contribution in [0, 0.1) is 32.4 Å². The molecule has 16 rings (SSSR count). The van der Waals surface area contributed by atoms with Crippen LogP contribution >= 0.6 is 23.2 Å². The van der Waals surface area contributed by atoms with E-state index in [4.69, 9.17) is 43.2 Å². The number of ether oxygens (including phenoxy) is 1. The summed E-state index contributed by atoms with van der Waals surface area (Å²) in [4.78, 5) is 95.6. The number of methoxy groups -OCH3 is 1. The van der Waals surface area contributed by atoms with E-state index in [0.29, 0.717) is 156 Å². The summed E-state index contributed by atoms with van der Waals surface area (Å²) in [5.74, 6) is -2.29. The number of rotatable bonds is 34. The molecule has 3 aromatic heterocycles. The normalized spacial score (nSPS) is 14.3. The van der Waals surface area contributed by atoms with Gasteiger partial charge < -0.3 is 49.5 Å². The summed E-state index contributed by atoms with van der Waals surface area (Å²) in [6.45, 7) is 22.8. The molecule has 0 aliphatic carbocycles. The fraction of sp³-hybridized carbons (Fsp3) is 0.354. The van der Waals surface area contributed by atoms with Crippen molar-refractivity contribution in [2.45, 2.75) is 196 Å². The molecule has 0 saturated heterocycles. The lowest BCUT2D eigenvalue weighted by Gasteiger charge is -2.36. The zero-order valence-corrected chi connectivity index (χ0v) is 82.7. The molecule has 3 aliphatic rings. The zero-order chi connectivity index (χ0) is 98.7. The smallest absolute Gasteiger partial charge is 0.274 e. The van der Waals surface area contributed by atoms with Crippen LogP contribution < -0.4 is 4.74 Å². The number of aromatic nitrogens is 6. The highest BCUT2D eigenvalue weighted by Crippen LogP contribution is 2.41. The minimum Gasteiger partial charge on any atom is -0.496 e. The molecular formula is C113H126Cl2F2N12O10. The largest absolute Gasteiger partial charge is 0.496 e. The van der Waals surface area contributed by atoms with Crippen LogP contribution in [0.4, 0.5) is 8.78 Å². The summed E-state index contributed by atoms with van der Waals surface area (Å²) < 4.78 is 38.6. The van der Waals surface area contributed by atoms with Gasteiger partial charge in [-0.1, -0.05) is 243 Å². The van der Waals surface area contributed by atoms with Crippen molar-refractivity contribution in [1.29, 1.82) is 0 Å². The third kappa shape index (κ3) is 23.1. The Labute approximate surface area is 823 Å². The van der Waals surface area contributed by atoms with Crippen LogP contribution in [0.1, 0.15) is 232 Å². The Morgan fingerprint density at radius 3 is 1.04 bits per heavy atom. The first-order valence-corrected chi connectivity index (χ1v) is 49.6. The number of fused-ring (bicyclic) bond motifs is 4. The van der Waals surface area contributed by atoms with E-state index in [-0.39, 0.29) is 72.9 Å². The average Bonchev–Trinajstić information content (AvgIpc) is 1.76. The molecule has 26 heteroatoms. The van der Waals surface area contributed by atoms with Gasteiger partial charge in [0.05, 0.1) is 88.9 Å². The predicted molar refractivity (Wildman–Crippen MR) is 545 cm³/mol. The zero-order valence-electron chi connectivity index (χ0n) is 81.2. The Kier molecular flexibility index (Phi) is 34.9. The number of hydrogen-bond acceptors (Lipinski definition) is 13. The molecule has 6 heterocycles. The van der Waals surface area contributed by atoms with Gasteiger partial charge >= 0.3 is 0 Å². The van der Waals surface area contributed by atoms with Crippen LogP contribution in [0.15, 0.2) is 218 Å². The van der Waals surface area contributed by atoms with Gasteiger partial charge in [-0.05, 0) is 224 Å². The van der Waals surface area contributed by atoms with E-state index in [9.17, 15) is 52.9 Å². The van der Waals surface area contributed by atoms with Gasteiger partial charge in [0.25, 0.3) is 35.4 Å². The highest BCUT2D eigenvalue weighted by Gasteiger charge is 2.38. The SMILES string of the molecule is CCCCN(CCCC)C(=O)c1cc(C)n(-c2ccc(-c3ccc(F)c(F)c3)cc2C(=O)N2Cc3ccccc3C[C@H]2CO)n1.CCCCN(CCCC)C(=O)c1cc(C)n(-c2ccc(-c3ccc(OC)c4ccccc34)cc2C(=O)N2Cc3ccccc3C[C@H]2CO)n1.CCCCN(CCCC)C(=O)c1cc(C)n(-c2ccc(-c3cccc(Cl)c3Cl)cc2C(=O)N2Cc3ccccc3C[C@H]2CO)n1. The number of benzene rings is 10. The van der Waals surface area contributed by atoms with Crippen LogP contribution in [-0.4, -0.2) is 194 Å². The van der Waals surface area contributed by atoms with Crippen LogP contribution in [0.25, 0.3) is 61.2 Å². The van der Waals surface area contributed by atoms with Gasteiger partial charge in [0.15, 0.2) is 28.7 Å². The molecule has 0 fully saturated rings. The number of halogens is 4. The number of nitrogens with zero attached hydrogens (tertiary/aromatic N) is 12. The minimum atomic E-state index is -0.987. The second kappa shape index (κ2) is 47.6. The Morgan fingerprint density at radius 2 is 0.691 bits per heavy atom. The molecule has 10 aromatic carbocycles. The molecular weight excluding hydrogens is 1790 g/mol. The fourth-order valence-electron chi connectivity index (χ4n) is 18.7. The molecule has 22 nitrogen and oxygen atoms in total. The molecule has 0 spiro atoms. The first-order valence-electron chi connectivity index (χ1n) is 48.8. The lowest BCUT2D eigenvalue weighted by Crippen LogP contribution is -2.46. The third-order valence-corrected chi connectivity index (χ3v) is 27.5. The molecule has 3 atom stereocenters. The van der Waals surface area contributed by atoms with Crippen LogP contribution in [0.3, 0.4) is 0 Å². The average molecular weight is 1920 g/mol. The van der Waals surface area contributed by atoms with Gasteiger partial charge in [0, 0.05) is 86.9 Å². The van der Waals surface area contributed by atoms with Gasteiger partial charge in [-0.3, -0.25) is 28.8 Å². The standard InChI is InChI=1S/C41H46N4O4.C36H40Cl2N4O3.C36H40F2N4O3/c1-5-7-21-43(22-8-6-2)41(48)37-23-28(3)45(42-37)38-19-17-30(33-18-20-39(49-4)35-16-12-11-15-34(33)35)25-36(38)40(47)44-26-31-14-10-9-13-29(31)24-32(44)27-46;1-4-6-17-40(18-7-5-2)36(45)32-19-24(3)42(39-32)33-16-15-26(29-13-10-14-31(37)34(29)38)21-30(33)35(44)41-22-27-12-9-8-11-25(27)20-28(41)23-43;1-4-6-16-40(17-7-5-2)36(45)33-18-24(3)42(39-33)34-15-13-26(27-12-14-31(37)32(38)21-27)20-30(34)35(44)41-22-28-11-9-8-10-25(28)19-29(41)23-43/h9-20,23,25,32,46H,5-8,21-22,24,26-27H2,1-4H3;8-16,19,21,28,43H,4-7,17-18,20,22-23H2,1-3H3;8-15,18,20-21,29,43H,4-7,16-17,19,22-23H2,1-3H3/t32-;28-;29-/m000/s1. The van der Waals surface area contributed by atoms with Crippen molar-refractivity contribution >= 4 is 69.4 Å². The van der Waals surface area contributed by atoms with Crippen molar-refractivity contribution in [2.24, 2.45) is 0 Å². The minimum absolute atomic E-state index is 0.0917. The predicted octanol–water partition coefficient (Wildman–Crippen LogP) is 22.1. The second-order valence-electron chi connectivity index (χ2n) is 36.3. The first-order chi connectivity index (χ1) is 67.4. The molecule has 0 bridgehead atoms. The molecule has 726 valence electrons. The number of aliphatic hydroxyl groups is 3. The summed E-state index contributed by atoms with van der Waals surface area (Å²) in [5.41, 5.74) is 16.5. The highest BCUT2D eigenvalue weighted by molar-refractivity contribution is 6.43. The molecule has 0 saturated carbocycles. The Bertz CT molecular complexity index is 6540. The number of hydrogen-bond donors (Lipinski definition) is 3. The third-order valence-electron chi connectivity index (χ3n) is 26.6. The lowest BCUT2D eigenvalue weighted by molar-refractivity contribution is 0.0539. The van der Waals surface area contributed by atoms with Crippen molar-refractivity contribution in [1.82, 2.24) is 58.7 Å². The maximum absolute atomic E-state index is 14.8. The number of aryl methyl sites for hydroxylation is 3. The maximum atomic E-state index is 14.8. The summed E-state index contributed by atoms with van der Waals surface area (Å²) in [7, 11) is 1.67. The van der Waals surface area contributed by atoms with Gasteiger partial charge in [0.2, 0.25) is 0 Å². The van der Waals surface area contributed by atoms with Crippen molar-refractivity contribution in [3.05, 3.63) is 324 Å². The van der Waals surface area contributed by atoms with Gasteiger partial charge in [-0.2, -0.15) is 15.3 Å². The van der Waals surface area contributed by atoms with Crippen LogP contribution in [0.5, 0.6) is 5.75 Å². The van der Waals surface area contributed by atoms with Crippen LogP contribution in [0.2, 0.25) is 10.0 Å². The molecule has 3 aliphatic heterocycles. The van der Waals surface area contributed by atoms with Gasteiger partial charge in [-0.15, -0.1) is 0 Å². The van der Waals surface area contributed by atoms with E-state index < -0.39 is 17.7 Å². The number of carbonyl (C=O) groups is 6. The maximum Gasteiger partial charge on any atom is 0.274 e. The molecule has 3 N–H and O–H groups in total. The number of aliphatic hydroxyl groups excluding tert-OH is 3.